The van der Waals surface area contributed by atoms with Gasteiger partial charge in [-0.2, -0.15) is 0 Å². The normalized spacial score (nSPS) is 22.8. The van der Waals surface area contributed by atoms with Gasteiger partial charge in [0, 0.05) is 6.04 Å². The maximum Gasteiger partial charge on any atom is 0.00670 e. The molecule has 0 heterocycles. The highest BCUT2D eigenvalue weighted by Gasteiger charge is 2.44. The minimum Gasteiger partial charge on any atom is -0.327 e. The van der Waals surface area contributed by atoms with Crippen LogP contribution in [-0.2, 0) is 0 Å². The Hall–Kier alpha value is -0.0400. The fourth-order valence-electron chi connectivity index (χ4n) is 1.96. The third-order valence-corrected chi connectivity index (χ3v) is 3.31. The molecule has 1 fully saturated rings. The summed E-state index contributed by atoms with van der Waals surface area (Å²) in [5.74, 6) is 0.855. The number of rotatable bonds is 5. The molecule has 1 aliphatic rings. The quantitative estimate of drug-likeness (QED) is 0.673. The Kier molecular flexibility index (Phi) is 3.16. The lowest BCUT2D eigenvalue weighted by molar-refractivity contribution is 0.361. The van der Waals surface area contributed by atoms with Crippen molar-refractivity contribution in [1.82, 2.24) is 0 Å². The van der Waals surface area contributed by atoms with Gasteiger partial charge in [0.2, 0.25) is 0 Å². The molecule has 0 saturated heterocycles. The molecule has 1 atom stereocenters. The van der Waals surface area contributed by atoms with Gasteiger partial charge in [0.15, 0.2) is 0 Å². The van der Waals surface area contributed by atoms with Crippen LogP contribution in [0.2, 0.25) is 0 Å². The Morgan fingerprint density at radius 2 is 1.83 bits per heavy atom. The fraction of sp³-hybridized carbons (Fsp3) is 1.00. The molecular formula is C11H23N. The first kappa shape index (κ1) is 10.0. The van der Waals surface area contributed by atoms with E-state index in [2.05, 4.69) is 20.8 Å². The number of hydrogen-bond donors (Lipinski definition) is 1. The summed E-state index contributed by atoms with van der Waals surface area (Å²) in [4.78, 5) is 0. The van der Waals surface area contributed by atoms with Crippen LogP contribution in [0.4, 0.5) is 0 Å². The highest BCUT2D eigenvalue weighted by molar-refractivity contribution is 4.98. The van der Waals surface area contributed by atoms with Crippen molar-refractivity contribution < 1.29 is 0 Å². The molecule has 1 unspecified atom stereocenters. The van der Waals surface area contributed by atoms with E-state index in [1.807, 2.05) is 0 Å². The third kappa shape index (κ3) is 2.48. The highest BCUT2D eigenvalue weighted by Crippen LogP contribution is 2.52. The molecule has 1 heteroatoms. The average molecular weight is 169 g/mol. The van der Waals surface area contributed by atoms with Gasteiger partial charge >= 0.3 is 0 Å². The van der Waals surface area contributed by atoms with E-state index in [0.29, 0.717) is 11.5 Å². The maximum absolute atomic E-state index is 5.95. The summed E-state index contributed by atoms with van der Waals surface area (Å²) >= 11 is 0. The van der Waals surface area contributed by atoms with Gasteiger partial charge in [-0.05, 0) is 37.5 Å². The van der Waals surface area contributed by atoms with Gasteiger partial charge in [0.05, 0.1) is 0 Å². The molecule has 0 aromatic rings. The molecule has 2 N–H and O–H groups in total. The summed E-state index contributed by atoms with van der Waals surface area (Å²) in [7, 11) is 0. The van der Waals surface area contributed by atoms with Crippen molar-refractivity contribution in [3.63, 3.8) is 0 Å². The second-order valence-electron chi connectivity index (χ2n) is 4.94. The minimum absolute atomic E-state index is 0.421. The zero-order chi connectivity index (χ0) is 9.19. The molecule has 1 saturated carbocycles. The monoisotopic (exact) mass is 169 g/mol. The number of hydrogen-bond acceptors (Lipinski definition) is 1. The largest absolute Gasteiger partial charge is 0.327 e. The van der Waals surface area contributed by atoms with E-state index in [-0.39, 0.29) is 0 Å². The van der Waals surface area contributed by atoms with Crippen LogP contribution in [0, 0.1) is 11.3 Å². The van der Waals surface area contributed by atoms with E-state index in [9.17, 15) is 0 Å². The third-order valence-electron chi connectivity index (χ3n) is 3.31. The molecule has 1 rings (SSSR count). The van der Waals surface area contributed by atoms with Gasteiger partial charge < -0.3 is 5.73 Å². The Morgan fingerprint density at radius 3 is 2.17 bits per heavy atom. The molecule has 0 amide bonds. The van der Waals surface area contributed by atoms with Crippen LogP contribution in [0.25, 0.3) is 0 Å². The number of nitrogens with two attached hydrogens (primary N) is 1. The van der Waals surface area contributed by atoms with Crippen LogP contribution in [0.15, 0.2) is 0 Å². The zero-order valence-electron chi connectivity index (χ0n) is 8.77. The highest BCUT2D eigenvalue weighted by atomic mass is 14.7. The van der Waals surface area contributed by atoms with E-state index in [1.165, 1.54) is 32.1 Å². The first-order valence-corrected chi connectivity index (χ1v) is 5.32. The van der Waals surface area contributed by atoms with Gasteiger partial charge in [-0.25, -0.2) is 0 Å². The molecule has 1 aliphatic carbocycles. The van der Waals surface area contributed by atoms with E-state index >= 15 is 0 Å². The molecule has 0 bridgehead atoms. The van der Waals surface area contributed by atoms with Crippen molar-refractivity contribution in [2.24, 2.45) is 17.1 Å². The lowest BCUT2D eigenvalue weighted by Gasteiger charge is -2.19. The summed E-state index contributed by atoms with van der Waals surface area (Å²) in [6.45, 7) is 6.76. The van der Waals surface area contributed by atoms with Crippen molar-refractivity contribution >= 4 is 0 Å². The van der Waals surface area contributed by atoms with Gasteiger partial charge in [-0.15, -0.1) is 0 Å². The summed E-state index contributed by atoms with van der Waals surface area (Å²) < 4.78 is 0. The molecule has 12 heavy (non-hydrogen) atoms. The Labute approximate surface area is 76.7 Å². The van der Waals surface area contributed by atoms with E-state index < -0.39 is 0 Å². The standard InChI is InChI=1S/C11H23N/c1-9(2)5-4-6-11(7-8-11)10(3)12/h9-10H,4-8,12H2,1-3H3. The van der Waals surface area contributed by atoms with E-state index in [4.69, 9.17) is 5.73 Å². The second-order valence-corrected chi connectivity index (χ2v) is 4.94. The smallest absolute Gasteiger partial charge is 0.00670 e. The van der Waals surface area contributed by atoms with Crippen LogP contribution in [-0.4, -0.2) is 6.04 Å². The van der Waals surface area contributed by atoms with Gasteiger partial charge in [0.1, 0.15) is 0 Å². The van der Waals surface area contributed by atoms with Crippen molar-refractivity contribution in [3.05, 3.63) is 0 Å². The van der Waals surface area contributed by atoms with Crippen LogP contribution in [0.3, 0.4) is 0 Å². The molecule has 0 spiro atoms. The summed E-state index contributed by atoms with van der Waals surface area (Å²) in [6.07, 6.45) is 6.86. The molecule has 72 valence electrons. The maximum atomic E-state index is 5.95. The summed E-state index contributed by atoms with van der Waals surface area (Å²) in [6, 6.07) is 0.421. The Bertz CT molecular complexity index is 134. The molecule has 0 radical (unpaired) electrons. The predicted octanol–water partition coefficient (Wildman–Crippen LogP) is 2.94. The van der Waals surface area contributed by atoms with Crippen LogP contribution in [0.1, 0.15) is 52.9 Å². The molecule has 0 aromatic heterocycles. The molecule has 1 nitrogen and oxygen atoms in total. The van der Waals surface area contributed by atoms with Crippen LogP contribution in [0.5, 0.6) is 0 Å². The Balaban J connectivity index is 2.14. The van der Waals surface area contributed by atoms with Crippen LogP contribution >= 0.6 is 0 Å². The van der Waals surface area contributed by atoms with E-state index in [0.717, 1.165) is 5.92 Å². The van der Waals surface area contributed by atoms with Crippen LogP contribution < -0.4 is 5.73 Å². The SMILES string of the molecule is CC(C)CCCC1(C(C)N)CC1. The second kappa shape index (κ2) is 3.78. The minimum atomic E-state index is 0.421. The predicted molar refractivity (Wildman–Crippen MR) is 54.0 cm³/mol. The lowest BCUT2D eigenvalue weighted by Crippen LogP contribution is -2.28. The Morgan fingerprint density at radius 1 is 1.25 bits per heavy atom. The van der Waals surface area contributed by atoms with Gasteiger partial charge in [-0.3, -0.25) is 0 Å². The zero-order valence-corrected chi connectivity index (χ0v) is 8.77. The van der Waals surface area contributed by atoms with Gasteiger partial charge in [0.25, 0.3) is 0 Å². The summed E-state index contributed by atoms with van der Waals surface area (Å²) in [5.41, 5.74) is 6.51. The van der Waals surface area contributed by atoms with Crippen molar-refractivity contribution in [2.75, 3.05) is 0 Å². The summed E-state index contributed by atoms with van der Waals surface area (Å²) in [5, 5.41) is 0. The first-order valence-electron chi connectivity index (χ1n) is 5.32. The van der Waals surface area contributed by atoms with E-state index in [1.54, 1.807) is 0 Å². The van der Waals surface area contributed by atoms with Crippen molar-refractivity contribution in [3.8, 4) is 0 Å². The molecular weight excluding hydrogens is 146 g/mol. The lowest BCUT2D eigenvalue weighted by atomic mass is 9.90. The fourth-order valence-corrected chi connectivity index (χ4v) is 1.96. The van der Waals surface area contributed by atoms with Gasteiger partial charge in [-0.1, -0.05) is 26.7 Å². The van der Waals surface area contributed by atoms with Crippen molar-refractivity contribution in [1.29, 1.82) is 0 Å². The molecule has 0 aromatic carbocycles. The molecule has 0 aliphatic heterocycles. The van der Waals surface area contributed by atoms with Crippen molar-refractivity contribution in [2.45, 2.75) is 58.9 Å². The average Bonchev–Trinajstić information content (AvgIpc) is 2.68. The topological polar surface area (TPSA) is 26.0 Å². The first-order chi connectivity index (χ1) is 5.57.